The molecule has 1 heterocycles. The molecule has 0 amide bonds. The van der Waals surface area contributed by atoms with Gasteiger partial charge in [0.1, 0.15) is 12.1 Å². The zero-order valence-electron chi connectivity index (χ0n) is 11.7. The maximum absolute atomic E-state index is 9.25. The molecule has 20 heavy (non-hydrogen) atoms. The van der Waals surface area contributed by atoms with Crippen molar-refractivity contribution >= 4 is 11.4 Å². The summed E-state index contributed by atoms with van der Waals surface area (Å²) >= 11 is 0. The fourth-order valence-corrected chi connectivity index (χ4v) is 2.13. The molecule has 1 N–H and O–H groups in total. The van der Waals surface area contributed by atoms with Crippen LogP contribution in [0.15, 0.2) is 24.3 Å². The molecule has 0 spiro atoms. The Morgan fingerprint density at radius 1 is 1.00 bits per heavy atom. The van der Waals surface area contributed by atoms with Gasteiger partial charge in [0, 0.05) is 5.69 Å². The van der Waals surface area contributed by atoms with E-state index >= 15 is 0 Å². The molecule has 0 fully saturated rings. The molecular weight excluding hydrogens is 248 g/mol. The van der Waals surface area contributed by atoms with Gasteiger partial charge in [0.05, 0.1) is 28.2 Å². The van der Waals surface area contributed by atoms with E-state index < -0.39 is 0 Å². The lowest BCUT2D eigenvalue weighted by molar-refractivity contribution is 1.11. The van der Waals surface area contributed by atoms with Gasteiger partial charge in [-0.05, 0) is 38.5 Å². The molecule has 0 saturated carbocycles. The van der Waals surface area contributed by atoms with Crippen molar-refractivity contribution in [2.45, 2.75) is 20.8 Å². The molecular formula is C16H14N4. The van der Waals surface area contributed by atoms with Crippen LogP contribution in [-0.2, 0) is 0 Å². The van der Waals surface area contributed by atoms with Gasteiger partial charge in [-0.2, -0.15) is 10.5 Å². The van der Waals surface area contributed by atoms with E-state index in [9.17, 15) is 10.5 Å². The average molecular weight is 262 g/mol. The third-order valence-corrected chi connectivity index (χ3v) is 3.09. The molecule has 0 bridgehead atoms. The number of benzene rings is 1. The van der Waals surface area contributed by atoms with E-state index in [1.165, 1.54) is 0 Å². The van der Waals surface area contributed by atoms with Crippen molar-refractivity contribution in [3.05, 3.63) is 52.3 Å². The number of nitrogens with one attached hydrogen (secondary N) is 1. The summed E-state index contributed by atoms with van der Waals surface area (Å²) in [4.78, 5) is 4.28. The summed E-state index contributed by atoms with van der Waals surface area (Å²) in [5.41, 5.74) is 4.88. The summed E-state index contributed by atoms with van der Waals surface area (Å²) in [6.07, 6.45) is 0. The smallest absolute Gasteiger partial charge is 0.103 e. The number of anilines is 2. The Balaban J connectivity index is 2.55. The molecule has 0 unspecified atom stereocenters. The van der Waals surface area contributed by atoms with Gasteiger partial charge in [0.2, 0.25) is 0 Å². The normalized spacial score (nSPS) is 9.65. The van der Waals surface area contributed by atoms with Crippen molar-refractivity contribution in [2.24, 2.45) is 0 Å². The van der Waals surface area contributed by atoms with Crippen molar-refractivity contribution in [1.82, 2.24) is 4.98 Å². The Labute approximate surface area is 118 Å². The first-order valence-electron chi connectivity index (χ1n) is 6.22. The molecule has 2 rings (SSSR count). The van der Waals surface area contributed by atoms with Gasteiger partial charge in [-0.25, -0.2) is 0 Å². The van der Waals surface area contributed by atoms with Crippen molar-refractivity contribution in [3.8, 4) is 12.1 Å². The number of aryl methyl sites for hydroxylation is 3. The molecule has 0 atom stereocenters. The molecule has 0 aliphatic heterocycles. The van der Waals surface area contributed by atoms with Crippen LogP contribution in [-0.4, -0.2) is 4.98 Å². The highest BCUT2D eigenvalue weighted by atomic mass is 14.9. The molecule has 98 valence electrons. The Morgan fingerprint density at radius 3 is 2.35 bits per heavy atom. The van der Waals surface area contributed by atoms with Crippen LogP contribution >= 0.6 is 0 Å². The first-order valence-corrected chi connectivity index (χ1v) is 6.22. The van der Waals surface area contributed by atoms with Crippen LogP contribution in [0.3, 0.4) is 0 Å². The highest BCUT2D eigenvalue weighted by Gasteiger charge is 2.11. The Bertz CT molecular complexity index is 748. The summed E-state index contributed by atoms with van der Waals surface area (Å²) in [6.45, 7) is 5.57. The van der Waals surface area contributed by atoms with Crippen LogP contribution in [0.5, 0.6) is 0 Å². The van der Waals surface area contributed by atoms with Gasteiger partial charge in [-0.1, -0.05) is 12.1 Å². The minimum absolute atomic E-state index is 0.501. The first-order chi connectivity index (χ1) is 9.56. The Morgan fingerprint density at radius 2 is 1.70 bits per heavy atom. The highest BCUT2D eigenvalue weighted by Crippen LogP contribution is 2.26. The molecule has 4 nitrogen and oxygen atoms in total. The molecule has 0 saturated heterocycles. The second-order valence-electron chi connectivity index (χ2n) is 4.62. The molecule has 4 heteroatoms. The van der Waals surface area contributed by atoms with Crippen LogP contribution in [0, 0.1) is 43.4 Å². The number of pyridine rings is 1. The van der Waals surface area contributed by atoms with Crippen LogP contribution in [0.1, 0.15) is 28.1 Å². The van der Waals surface area contributed by atoms with Crippen LogP contribution < -0.4 is 5.32 Å². The van der Waals surface area contributed by atoms with E-state index in [-0.39, 0.29) is 0 Å². The van der Waals surface area contributed by atoms with Gasteiger partial charge in [0.15, 0.2) is 0 Å². The fourth-order valence-electron chi connectivity index (χ4n) is 2.13. The van der Waals surface area contributed by atoms with E-state index in [1.807, 2.05) is 38.1 Å². The van der Waals surface area contributed by atoms with Gasteiger partial charge in [0.25, 0.3) is 0 Å². The molecule has 2 aromatic rings. The first kappa shape index (κ1) is 13.6. The number of aromatic nitrogens is 1. The van der Waals surface area contributed by atoms with Crippen molar-refractivity contribution < 1.29 is 0 Å². The molecule has 1 aromatic carbocycles. The van der Waals surface area contributed by atoms with Gasteiger partial charge in [-0.3, -0.25) is 4.98 Å². The highest BCUT2D eigenvalue weighted by molar-refractivity contribution is 5.72. The third-order valence-electron chi connectivity index (χ3n) is 3.09. The van der Waals surface area contributed by atoms with Crippen molar-refractivity contribution in [2.75, 3.05) is 5.32 Å². The second-order valence-corrected chi connectivity index (χ2v) is 4.62. The molecule has 1 aromatic heterocycles. The standard InChI is InChI=1S/C16H14N4/c1-10-5-4-6-15(13(10)8-17)20-16-7-11(2)19-12(3)14(16)9-18/h4-7H,1-3H3,(H,19,20). The Kier molecular flexibility index (Phi) is 3.68. The number of rotatable bonds is 2. The van der Waals surface area contributed by atoms with Crippen molar-refractivity contribution in [1.29, 1.82) is 10.5 Å². The number of hydrogen-bond donors (Lipinski definition) is 1. The third kappa shape index (κ3) is 2.46. The summed E-state index contributed by atoms with van der Waals surface area (Å²) in [6, 6.07) is 11.8. The lowest BCUT2D eigenvalue weighted by Gasteiger charge is -2.13. The molecule has 0 radical (unpaired) electrons. The predicted molar refractivity (Wildman–Crippen MR) is 77.6 cm³/mol. The number of nitrogens with zero attached hydrogens (tertiary/aromatic N) is 3. The van der Waals surface area contributed by atoms with E-state index in [4.69, 9.17) is 0 Å². The van der Waals surface area contributed by atoms with Gasteiger partial charge < -0.3 is 5.32 Å². The zero-order valence-corrected chi connectivity index (χ0v) is 11.7. The van der Waals surface area contributed by atoms with Crippen LogP contribution in [0.25, 0.3) is 0 Å². The summed E-state index contributed by atoms with van der Waals surface area (Å²) in [5, 5.41) is 21.7. The van der Waals surface area contributed by atoms with Crippen LogP contribution in [0.4, 0.5) is 11.4 Å². The quantitative estimate of drug-likeness (QED) is 0.899. The minimum atomic E-state index is 0.501. The van der Waals surface area contributed by atoms with Crippen LogP contribution in [0.2, 0.25) is 0 Å². The Hall–Kier alpha value is -2.85. The summed E-state index contributed by atoms with van der Waals surface area (Å²) < 4.78 is 0. The van der Waals surface area contributed by atoms with Crippen molar-refractivity contribution in [3.63, 3.8) is 0 Å². The maximum Gasteiger partial charge on any atom is 0.103 e. The topological polar surface area (TPSA) is 72.5 Å². The second kappa shape index (κ2) is 5.42. The van der Waals surface area contributed by atoms with Gasteiger partial charge >= 0.3 is 0 Å². The SMILES string of the molecule is Cc1cc(Nc2cccc(C)c2C#N)c(C#N)c(C)n1. The maximum atomic E-state index is 9.25. The molecule has 0 aliphatic carbocycles. The number of nitriles is 2. The van der Waals surface area contributed by atoms with Gasteiger partial charge in [-0.15, -0.1) is 0 Å². The average Bonchev–Trinajstić information content (AvgIpc) is 2.38. The monoisotopic (exact) mass is 262 g/mol. The number of hydrogen-bond acceptors (Lipinski definition) is 4. The minimum Gasteiger partial charge on any atom is -0.353 e. The van der Waals surface area contributed by atoms with E-state index in [0.717, 1.165) is 11.3 Å². The summed E-state index contributed by atoms with van der Waals surface area (Å²) in [5.74, 6) is 0. The summed E-state index contributed by atoms with van der Waals surface area (Å²) in [7, 11) is 0. The predicted octanol–water partition coefficient (Wildman–Crippen LogP) is 3.49. The zero-order chi connectivity index (χ0) is 14.7. The molecule has 0 aliphatic rings. The lowest BCUT2D eigenvalue weighted by atomic mass is 10.1. The van der Waals surface area contributed by atoms with E-state index in [2.05, 4.69) is 22.4 Å². The van der Waals surface area contributed by atoms with E-state index in [1.54, 1.807) is 6.92 Å². The fraction of sp³-hybridized carbons (Fsp3) is 0.188. The largest absolute Gasteiger partial charge is 0.353 e. The van der Waals surface area contributed by atoms with E-state index in [0.29, 0.717) is 28.2 Å². The lowest BCUT2D eigenvalue weighted by Crippen LogP contribution is -2.01.